The van der Waals surface area contributed by atoms with Crippen LogP contribution in [0, 0.1) is 0 Å². The van der Waals surface area contributed by atoms with Gasteiger partial charge in [0.1, 0.15) is 17.0 Å². The second-order valence-corrected chi connectivity index (χ2v) is 7.11. The van der Waals surface area contributed by atoms with E-state index in [0.717, 1.165) is 55.2 Å². The van der Waals surface area contributed by atoms with Gasteiger partial charge in [-0.1, -0.05) is 11.6 Å². The van der Waals surface area contributed by atoms with Crippen LogP contribution in [0.2, 0.25) is 5.15 Å². The fourth-order valence-corrected chi connectivity index (χ4v) is 3.84. The second-order valence-electron chi connectivity index (χ2n) is 6.72. The topological polar surface area (TPSA) is 60.0 Å². The monoisotopic (exact) mass is 367 g/mol. The minimum absolute atomic E-state index is 0.249. The van der Waals surface area contributed by atoms with Crippen LogP contribution in [0.1, 0.15) is 24.0 Å². The van der Waals surface area contributed by atoms with Gasteiger partial charge in [-0.3, -0.25) is 5.10 Å². The van der Waals surface area contributed by atoms with Crippen LogP contribution in [-0.4, -0.2) is 34.5 Å². The number of rotatable bonds is 3. The van der Waals surface area contributed by atoms with Crippen LogP contribution in [0.5, 0.6) is 5.75 Å². The van der Waals surface area contributed by atoms with Gasteiger partial charge in [-0.15, -0.1) is 0 Å². The lowest BCUT2D eigenvalue weighted by molar-refractivity contribution is 0.0255. The highest BCUT2D eigenvalue weighted by Crippen LogP contribution is 2.41. The first kappa shape index (κ1) is 15.9. The molecule has 0 atom stereocenters. The van der Waals surface area contributed by atoms with Crippen molar-refractivity contribution in [1.82, 2.24) is 15.2 Å². The highest BCUT2D eigenvalue weighted by Gasteiger charge is 2.26. The number of nitrogens with one attached hydrogen (secondary N) is 1. The number of fused-ring (bicyclic) bond motifs is 3. The van der Waals surface area contributed by atoms with E-state index in [1.807, 2.05) is 12.1 Å². The first-order valence-electron chi connectivity index (χ1n) is 8.85. The Kier molecular flexibility index (Phi) is 3.91. The number of nitrogens with zero attached hydrogens (tertiary/aromatic N) is 2. The Balaban J connectivity index is 1.42. The van der Waals surface area contributed by atoms with Gasteiger partial charge in [-0.05, 0) is 35.9 Å². The van der Waals surface area contributed by atoms with Crippen LogP contribution in [0.3, 0.4) is 0 Å². The maximum atomic E-state index is 6.15. The molecule has 6 heteroatoms. The van der Waals surface area contributed by atoms with Gasteiger partial charge in [0.15, 0.2) is 0 Å². The maximum Gasteiger partial charge on any atom is 0.129 e. The number of halogens is 1. The fourth-order valence-electron chi connectivity index (χ4n) is 3.72. The summed E-state index contributed by atoms with van der Waals surface area (Å²) in [6.07, 6.45) is 4.76. The molecule has 1 aromatic carbocycles. The van der Waals surface area contributed by atoms with Crippen molar-refractivity contribution in [2.45, 2.75) is 25.4 Å². The lowest BCUT2D eigenvalue weighted by Crippen LogP contribution is -2.25. The number of H-pyrrole nitrogens is 1. The third kappa shape index (κ3) is 2.77. The molecule has 2 aromatic heterocycles. The largest absolute Gasteiger partial charge is 0.490 e. The Morgan fingerprint density at radius 2 is 2.04 bits per heavy atom. The molecule has 1 aliphatic heterocycles. The average Bonchev–Trinajstić information content (AvgIpc) is 3.22. The number of benzene rings is 1. The van der Waals surface area contributed by atoms with E-state index in [2.05, 4.69) is 27.3 Å². The third-order valence-electron chi connectivity index (χ3n) is 5.05. The van der Waals surface area contributed by atoms with Gasteiger partial charge in [-0.25, -0.2) is 4.98 Å². The van der Waals surface area contributed by atoms with Gasteiger partial charge in [0.2, 0.25) is 0 Å². The molecule has 3 aromatic rings. The summed E-state index contributed by atoms with van der Waals surface area (Å²) in [5, 5.41) is 8.17. The summed E-state index contributed by atoms with van der Waals surface area (Å²) in [5.74, 6) is 0.934. The summed E-state index contributed by atoms with van der Waals surface area (Å²) in [7, 11) is 0. The Morgan fingerprint density at radius 1 is 1.15 bits per heavy atom. The molecule has 5 nitrogen and oxygen atoms in total. The molecule has 5 rings (SSSR count). The zero-order valence-electron chi connectivity index (χ0n) is 14.2. The van der Waals surface area contributed by atoms with Crippen LogP contribution >= 0.6 is 11.6 Å². The molecule has 1 fully saturated rings. The Hall–Kier alpha value is -2.37. The van der Waals surface area contributed by atoms with Gasteiger partial charge in [-0.2, -0.15) is 5.10 Å². The molecule has 0 saturated carbocycles. The second kappa shape index (κ2) is 6.41. The molecule has 0 bridgehead atoms. The molecular formula is C20H18ClN3O2. The smallest absolute Gasteiger partial charge is 0.129 e. The molecular weight excluding hydrogens is 350 g/mol. The van der Waals surface area contributed by atoms with E-state index in [1.54, 1.807) is 12.3 Å². The van der Waals surface area contributed by atoms with E-state index in [-0.39, 0.29) is 6.10 Å². The molecule has 3 heterocycles. The summed E-state index contributed by atoms with van der Waals surface area (Å²) in [5.41, 5.74) is 6.65. The first-order valence-corrected chi connectivity index (χ1v) is 9.22. The van der Waals surface area contributed by atoms with Crippen LogP contribution in [0.15, 0.2) is 36.5 Å². The minimum atomic E-state index is 0.249. The van der Waals surface area contributed by atoms with E-state index in [0.29, 0.717) is 5.15 Å². The van der Waals surface area contributed by atoms with Crippen LogP contribution in [-0.2, 0) is 11.2 Å². The van der Waals surface area contributed by atoms with Crippen LogP contribution in [0.25, 0.3) is 22.5 Å². The molecule has 1 saturated heterocycles. The number of hydrogen-bond donors (Lipinski definition) is 1. The van der Waals surface area contributed by atoms with Gasteiger partial charge in [0.05, 0.1) is 24.6 Å². The maximum absolute atomic E-state index is 6.15. The van der Waals surface area contributed by atoms with Crippen molar-refractivity contribution >= 4 is 11.6 Å². The Morgan fingerprint density at radius 3 is 2.85 bits per heavy atom. The Bertz CT molecular complexity index is 946. The lowest BCUT2D eigenvalue weighted by atomic mass is 10.1. The van der Waals surface area contributed by atoms with E-state index in [9.17, 15) is 0 Å². The molecule has 2 aliphatic rings. The van der Waals surface area contributed by atoms with Crippen molar-refractivity contribution in [3.63, 3.8) is 0 Å². The van der Waals surface area contributed by atoms with E-state index in [4.69, 9.17) is 21.1 Å². The third-order valence-corrected chi connectivity index (χ3v) is 5.28. The van der Waals surface area contributed by atoms with Crippen molar-refractivity contribution in [1.29, 1.82) is 0 Å². The van der Waals surface area contributed by atoms with E-state index < -0.39 is 0 Å². The molecule has 0 radical (unpaired) electrons. The summed E-state index contributed by atoms with van der Waals surface area (Å²) in [4.78, 5) is 4.17. The van der Waals surface area contributed by atoms with Crippen molar-refractivity contribution in [2.75, 3.05) is 13.2 Å². The number of hydrogen-bond acceptors (Lipinski definition) is 4. The lowest BCUT2D eigenvalue weighted by Gasteiger charge is -2.23. The zero-order chi connectivity index (χ0) is 17.5. The van der Waals surface area contributed by atoms with Crippen molar-refractivity contribution in [3.8, 4) is 28.3 Å². The van der Waals surface area contributed by atoms with Crippen LogP contribution < -0.4 is 4.74 Å². The highest BCUT2D eigenvalue weighted by molar-refractivity contribution is 6.29. The summed E-state index contributed by atoms with van der Waals surface area (Å²) in [6.45, 7) is 1.56. The quantitative estimate of drug-likeness (QED) is 0.550. The molecule has 1 aliphatic carbocycles. The van der Waals surface area contributed by atoms with E-state index in [1.165, 1.54) is 16.7 Å². The standard InChI is InChI=1S/C20H18ClN3O2/c21-18-4-1-12(11-22-18)19-17-10-13-9-15(26-14-5-7-25-8-6-14)2-3-16(13)20(17)24-23-19/h1-4,9,11,14H,5-8,10H2,(H,23,24). The number of aromatic nitrogens is 3. The molecule has 0 spiro atoms. The molecule has 26 heavy (non-hydrogen) atoms. The van der Waals surface area contributed by atoms with Gasteiger partial charge in [0, 0.05) is 42.1 Å². The normalized spacial score (nSPS) is 16.3. The minimum Gasteiger partial charge on any atom is -0.490 e. The van der Waals surface area contributed by atoms with E-state index >= 15 is 0 Å². The van der Waals surface area contributed by atoms with Gasteiger partial charge in [0.25, 0.3) is 0 Å². The highest BCUT2D eigenvalue weighted by atomic mass is 35.5. The number of pyridine rings is 1. The molecule has 0 unspecified atom stereocenters. The summed E-state index contributed by atoms with van der Waals surface area (Å²) >= 11 is 5.90. The van der Waals surface area contributed by atoms with Crippen molar-refractivity contribution < 1.29 is 9.47 Å². The summed E-state index contributed by atoms with van der Waals surface area (Å²) < 4.78 is 11.6. The average molecular weight is 368 g/mol. The van der Waals surface area contributed by atoms with Crippen molar-refractivity contribution in [2.24, 2.45) is 0 Å². The van der Waals surface area contributed by atoms with Gasteiger partial charge < -0.3 is 9.47 Å². The molecule has 1 N–H and O–H groups in total. The summed E-state index contributed by atoms with van der Waals surface area (Å²) in [6, 6.07) is 10.1. The van der Waals surface area contributed by atoms with Crippen LogP contribution in [0.4, 0.5) is 0 Å². The predicted octanol–water partition coefficient (Wildman–Crippen LogP) is 4.25. The number of ether oxygens (including phenoxy) is 2. The molecule has 132 valence electrons. The Labute approximate surface area is 156 Å². The molecule has 0 amide bonds. The first-order chi connectivity index (χ1) is 12.8. The SMILES string of the molecule is Clc1ccc(-c2n[nH]c3c2Cc2cc(OC4CCOCC4)ccc2-3)cn1. The van der Waals surface area contributed by atoms with Crippen molar-refractivity contribution in [3.05, 3.63) is 52.8 Å². The predicted molar refractivity (Wildman–Crippen MR) is 99.5 cm³/mol. The van der Waals surface area contributed by atoms with Gasteiger partial charge >= 0.3 is 0 Å². The number of aromatic amines is 1. The fraction of sp³-hybridized carbons (Fsp3) is 0.300. The zero-order valence-corrected chi connectivity index (χ0v) is 14.9.